The van der Waals surface area contributed by atoms with Gasteiger partial charge in [0.15, 0.2) is 0 Å². The van der Waals surface area contributed by atoms with E-state index >= 15 is 0 Å². The van der Waals surface area contributed by atoms with Gasteiger partial charge in [0, 0.05) is 20.1 Å². The van der Waals surface area contributed by atoms with Gasteiger partial charge in [0.05, 0.1) is 12.0 Å². The van der Waals surface area contributed by atoms with Crippen molar-refractivity contribution in [2.75, 3.05) is 26.7 Å². The second-order valence-electron chi connectivity index (χ2n) is 3.76. The lowest BCUT2D eigenvalue weighted by atomic mass is 10.2. The number of carbonyl (C=O) groups is 2. The molecule has 0 bridgehead atoms. The number of nitrogens with zero attached hydrogens (tertiary/aromatic N) is 3. The van der Waals surface area contributed by atoms with E-state index in [1.165, 1.54) is 18.0 Å². The van der Waals surface area contributed by atoms with Crippen molar-refractivity contribution in [3.05, 3.63) is 12.7 Å². The average Bonchev–Trinajstić information content (AvgIpc) is 2.26. The van der Waals surface area contributed by atoms with E-state index in [1.54, 1.807) is 6.92 Å². The topological polar surface area (TPSA) is 84.6 Å². The molecule has 0 aromatic heterocycles. The number of carbonyl (C=O) groups excluding carboxylic acids is 1. The minimum Gasteiger partial charge on any atom is -0.480 e. The molecular weight excluding hydrogens is 222 g/mol. The lowest BCUT2D eigenvalue weighted by Crippen LogP contribution is -2.44. The molecule has 0 aromatic carbocycles. The van der Waals surface area contributed by atoms with Gasteiger partial charge in [-0.1, -0.05) is 6.08 Å². The van der Waals surface area contributed by atoms with Gasteiger partial charge in [0.25, 0.3) is 0 Å². The van der Waals surface area contributed by atoms with Crippen LogP contribution in [0.5, 0.6) is 0 Å². The first kappa shape index (κ1) is 15.0. The Hall–Kier alpha value is -2.03. The second-order valence-corrected chi connectivity index (χ2v) is 3.76. The average molecular weight is 239 g/mol. The maximum absolute atomic E-state index is 11.9. The van der Waals surface area contributed by atoms with Crippen LogP contribution >= 0.6 is 0 Å². The quantitative estimate of drug-likeness (QED) is 0.694. The van der Waals surface area contributed by atoms with Crippen LogP contribution in [0, 0.1) is 17.2 Å². The highest BCUT2D eigenvalue weighted by Crippen LogP contribution is 2.02. The van der Waals surface area contributed by atoms with Crippen molar-refractivity contribution in [1.82, 2.24) is 9.80 Å². The number of nitriles is 1. The molecule has 1 N–H and O–H groups in total. The fourth-order valence-electron chi connectivity index (χ4n) is 1.30. The van der Waals surface area contributed by atoms with E-state index < -0.39 is 12.0 Å². The number of hydrogen-bond donors (Lipinski definition) is 1. The highest BCUT2D eigenvalue weighted by atomic mass is 16.4. The summed E-state index contributed by atoms with van der Waals surface area (Å²) in [5, 5.41) is 17.3. The standard InChI is InChI=1S/C11H17N3O3/c1-4-5-14(8-10(15)16)11(17)13(3)7-9(2)6-12/h4,9H,1,5,7-8H2,2-3H3,(H,15,16). The van der Waals surface area contributed by atoms with E-state index in [9.17, 15) is 9.59 Å². The molecule has 94 valence electrons. The van der Waals surface area contributed by atoms with Gasteiger partial charge in [-0.2, -0.15) is 5.26 Å². The van der Waals surface area contributed by atoms with Gasteiger partial charge in [-0.3, -0.25) is 4.79 Å². The molecule has 2 amide bonds. The summed E-state index contributed by atoms with van der Waals surface area (Å²) in [4.78, 5) is 24.9. The van der Waals surface area contributed by atoms with E-state index in [1.807, 2.05) is 6.07 Å². The number of rotatable bonds is 6. The van der Waals surface area contributed by atoms with Crippen LogP contribution in [0.1, 0.15) is 6.92 Å². The number of carboxylic acids is 1. The Morgan fingerprint density at radius 2 is 2.18 bits per heavy atom. The number of aliphatic carboxylic acids is 1. The van der Waals surface area contributed by atoms with Gasteiger partial charge in [-0.05, 0) is 6.92 Å². The maximum atomic E-state index is 11.9. The fraction of sp³-hybridized carbons (Fsp3) is 0.545. The Bertz CT molecular complexity index is 335. The minimum atomic E-state index is -1.08. The van der Waals surface area contributed by atoms with Crippen molar-refractivity contribution in [2.24, 2.45) is 5.92 Å². The van der Waals surface area contributed by atoms with Crippen molar-refractivity contribution in [3.63, 3.8) is 0 Å². The Kier molecular flexibility index (Phi) is 6.41. The molecule has 0 aliphatic heterocycles. The smallest absolute Gasteiger partial charge is 0.323 e. The predicted octanol–water partition coefficient (Wildman–Crippen LogP) is 0.770. The van der Waals surface area contributed by atoms with E-state index in [4.69, 9.17) is 10.4 Å². The van der Waals surface area contributed by atoms with Crippen LogP contribution in [0.2, 0.25) is 0 Å². The number of amides is 2. The van der Waals surface area contributed by atoms with Crippen molar-refractivity contribution in [3.8, 4) is 6.07 Å². The number of hydrogen-bond acceptors (Lipinski definition) is 3. The normalized spacial score (nSPS) is 11.1. The maximum Gasteiger partial charge on any atom is 0.323 e. The molecule has 0 fully saturated rings. The molecule has 0 radical (unpaired) electrons. The molecular formula is C11H17N3O3. The zero-order valence-corrected chi connectivity index (χ0v) is 10.1. The van der Waals surface area contributed by atoms with Crippen LogP contribution in [-0.2, 0) is 4.79 Å². The van der Waals surface area contributed by atoms with Crippen molar-refractivity contribution >= 4 is 12.0 Å². The summed E-state index contributed by atoms with van der Waals surface area (Å²) in [5.41, 5.74) is 0. The van der Waals surface area contributed by atoms with Gasteiger partial charge in [-0.15, -0.1) is 6.58 Å². The molecule has 0 heterocycles. The monoisotopic (exact) mass is 239 g/mol. The lowest BCUT2D eigenvalue weighted by Gasteiger charge is -2.26. The zero-order valence-electron chi connectivity index (χ0n) is 10.1. The molecule has 17 heavy (non-hydrogen) atoms. The third kappa shape index (κ3) is 5.56. The van der Waals surface area contributed by atoms with E-state index in [2.05, 4.69) is 6.58 Å². The third-order valence-corrected chi connectivity index (χ3v) is 2.04. The third-order valence-electron chi connectivity index (χ3n) is 2.04. The molecule has 6 heteroatoms. The molecule has 0 aliphatic carbocycles. The van der Waals surface area contributed by atoms with Crippen LogP contribution < -0.4 is 0 Å². The fourth-order valence-corrected chi connectivity index (χ4v) is 1.30. The van der Waals surface area contributed by atoms with E-state index in [-0.39, 0.29) is 25.6 Å². The largest absolute Gasteiger partial charge is 0.480 e. The van der Waals surface area contributed by atoms with Crippen LogP contribution in [0.25, 0.3) is 0 Å². The van der Waals surface area contributed by atoms with E-state index in [0.29, 0.717) is 0 Å². The highest BCUT2D eigenvalue weighted by molar-refractivity contribution is 5.80. The first-order chi connectivity index (χ1) is 7.92. The summed E-state index contributed by atoms with van der Waals surface area (Å²) < 4.78 is 0. The molecule has 0 spiro atoms. The summed E-state index contributed by atoms with van der Waals surface area (Å²) in [7, 11) is 1.54. The minimum absolute atomic E-state index is 0.163. The molecule has 1 unspecified atom stereocenters. The predicted molar refractivity (Wildman–Crippen MR) is 62.2 cm³/mol. The Morgan fingerprint density at radius 3 is 2.59 bits per heavy atom. The van der Waals surface area contributed by atoms with Crippen LogP contribution in [-0.4, -0.2) is 53.6 Å². The van der Waals surface area contributed by atoms with Gasteiger partial charge in [0.2, 0.25) is 0 Å². The van der Waals surface area contributed by atoms with Crippen molar-refractivity contribution in [2.45, 2.75) is 6.92 Å². The molecule has 0 aromatic rings. The molecule has 0 saturated carbocycles. The SMILES string of the molecule is C=CCN(CC(=O)O)C(=O)N(C)CC(C)C#N. The molecule has 0 aliphatic rings. The Balaban J connectivity index is 4.54. The molecule has 0 saturated heterocycles. The van der Waals surface area contributed by atoms with Gasteiger partial charge in [0.1, 0.15) is 6.54 Å². The van der Waals surface area contributed by atoms with Gasteiger partial charge < -0.3 is 14.9 Å². The number of urea groups is 1. The van der Waals surface area contributed by atoms with Crippen molar-refractivity contribution < 1.29 is 14.7 Å². The molecule has 1 atom stereocenters. The zero-order chi connectivity index (χ0) is 13.4. The summed E-state index contributed by atoms with van der Waals surface area (Å²) in [6, 6.07) is 1.59. The summed E-state index contributed by atoms with van der Waals surface area (Å²) in [5.74, 6) is -1.37. The second kappa shape index (κ2) is 7.28. The highest BCUT2D eigenvalue weighted by Gasteiger charge is 2.20. The lowest BCUT2D eigenvalue weighted by molar-refractivity contribution is -0.137. The van der Waals surface area contributed by atoms with Crippen LogP contribution in [0.4, 0.5) is 4.79 Å². The Morgan fingerprint density at radius 1 is 1.59 bits per heavy atom. The van der Waals surface area contributed by atoms with Crippen LogP contribution in [0.15, 0.2) is 12.7 Å². The van der Waals surface area contributed by atoms with Gasteiger partial charge in [-0.25, -0.2) is 4.79 Å². The van der Waals surface area contributed by atoms with Gasteiger partial charge >= 0.3 is 12.0 Å². The molecule has 6 nitrogen and oxygen atoms in total. The summed E-state index contributed by atoms with van der Waals surface area (Å²) in [6.45, 7) is 5.21. The van der Waals surface area contributed by atoms with Crippen molar-refractivity contribution in [1.29, 1.82) is 5.26 Å². The molecule has 0 rings (SSSR count). The first-order valence-electron chi connectivity index (χ1n) is 5.14. The summed E-state index contributed by atoms with van der Waals surface area (Å²) in [6.07, 6.45) is 1.46. The first-order valence-corrected chi connectivity index (χ1v) is 5.14. The Labute approximate surface area is 101 Å². The number of carboxylic acid groups (broad SMARTS) is 1. The summed E-state index contributed by atoms with van der Waals surface area (Å²) >= 11 is 0. The van der Waals surface area contributed by atoms with E-state index in [0.717, 1.165) is 4.90 Å². The van der Waals surface area contributed by atoms with Crippen LogP contribution in [0.3, 0.4) is 0 Å².